The number of benzene rings is 2. The Labute approximate surface area is 165 Å². The predicted molar refractivity (Wildman–Crippen MR) is 115 cm³/mol. The smallest absolute Gasteiger partial charge is 0.156 e. The van der Waals surface area contributed by atoms with Gasteiger partial charge in [-0.2, -0.15) is 0 Å². The molecular formula is C23H25N5. The first-order valence-corrected chi connectivity index (χ1v) is 9.41. The topological polar surface area (TPSA) is 45.5 Å². The minimum absolute atomic E-state index is 0.808. The number of aryl methyl sites for hydroxylation is 2. The molecule has 5 heteroatoms. The molecule has 1 N–H and O–H groups in total. The molecule has 0 atom stereocenters. The molecule has 2 aromatic heterocycles. The molecule has 0 fully saturated rings. The average molecular weight is 371 g/mol. The third-order valence-electron chi connectivity index (χ3n) is 4.90. The standard InChI is InChI=1S/C23H25N5/c1-16-7-5-8-17(2)22(16)26-23-21-12-24-15-28(21)20(13-25-23)19-10-6-9-18(11-19)14-27(3)4/h5-13,15H,14H2,1-4H3,(H,25,26). The van der Waals surface area contributed by atoms with Crippen LogP contribution >= 0.6 is 0 Å². The van der Waals surface area contributed by atoms with Gasteiger partial charge < -0.3 is 10.2 Å². The van der Waals surface area contributed by atoms with Crippen molar-refractivity contribution in [3.8, 4) is 11.3 Å². The summed E-state index contributed by atoms with van der Waals surface area (Å²) in [5.74, 6) is 0.808. The van der Waals surface area contributed by atoms with E-state index in [4.69, 9.17) is 4.98 Å². The van der Waals surface area contributed by atoms with Gasteiger partial charge in [-0.3, -0.25) is 4.40 Å². The average Bonchev–Trinajstić information content (AvgIpc) is 3.14. The van der Waals surface area contributed by atoms with Crippen molar-refractivity contribution < 1.29 is 0 Å². The number of para-hydroxylation sites is 1. The maximum atomic E-state index is 4.74. The summed E-state index contributed by atoms with van der Waals surface area (Å²) < 4.78 is 2.09. The first-order valence-electron chi connectivity index (χ1n) is 9.41. The lowest BCUT2D eigenvalue weighted by molar-refractivity contribution is 0.402. The largest absolute Gasteiger partial charge is 0.338 e. The number of nitrogens with one attached hydrogen (secondary N) is 1. The molecular weight excluding hydrogens is 346 g/mol. The van der Waals surface area contributed by atoms with Crippen molar-refractivity contribution in [2.24, 2.45) is 0 Å². The molecule has 0 aliphatic rings. The summed E-state index contributed by atoms with van der Waals surface area (Å²) in [6, 6.07) is 14.9. The predicted octanol–water partition coefficient (Wildman–Crippen LogP) is 4.82. The molecule has 142 valence electrons. The molecule has 4 rings (SSSR count). The molecule has 0 unspecified atom stereocenters. The fourth-order valence-corrected chi connectivity index (χ4v) is 3.55. The van der Waals surface area contributed by atoms with Crippen LogP contribution in [0.5, 0.6) is 0 Å². The van der Waals surface area contributed by atoms with Crippen LogP contribution in [0.25, 0.3) is 16.8 Å². The number of rotatable bonds is 5. The first kappa shape index (κ1) is 18.2. The highest BCUT2D eigenvalue weighted by atomic mass is 15.1. The number of hydrogen-bond acceptors (Lipinski definition) is 4. The third kappa shape index (κ3) is 3.49. The molecule has 0 radical (unpaired) electrons. The van der Waals surface area contributed by atoms with E-state index in [1.165, 1.54) is 16.7 Å². The van der Waals surface area contributed by atoms with E-state index in [1.54, 1.807) is 0 Å². The minimum atomic E-state index is 0.808. The molecule has 5 nitrogen and oxygen atoms in total. The summed E-state index contributed by atoms with van der Waals surface area (Å²) in [4.78, 5) is 11.3. The number of fused-ring (bicyclic) bond motifs is 1. The van der Waals surface area contributed by atoms with E-state index in [1.807, 2.05) is 18.7 Å². The summed E-state index contributed by atoms with van der Waals surface area (Å²) in [5, 5.41) is 3.51. The van der Waals surface area contributed by atoms with Crippen LogP contribution < -0.4 is 5.32 Å². The fraction of sp³-hybridized carbons (Fsp3) is 0.217. The SMILES string of the molecule is Cc1cccc(C)c1Nc1ncc(-c2cccc(CN(C)C)c2)n2cncc12. The Balaban J connectivity index is 1.76. The van der Waals surface area contributed by atoms with Crippen LogP contribution in [-0.2, 0) is 6.54 Å². The van der Waals surface area contributed by atoms with Crippen molar-refractivity contribution in [1.29, 1.82) is 0 Å². The molecule has 0 spiro atoms. The summed E-state index contributed by atoms with van der Waals surface area (Å²) in [6.07, 6.45) is 5.62. The van der Waals surface area contributed by atoms with Gasteiger partial charge in [0, 0.05) is 17.8 Å². The van der Waals surface area contributed by atoms with Crippen molar-refractivity contribution in [3.05, 3.63) is 77.9 Å². The van der Waals surface area contributed by atoms with E-state index in [2.05, 4.69) is 90.0 Å². The van der Waals surface area contributed by atoms with E-state index in [9.17, 15) is 0 Å². The molecule has 2 aromatic carbocycles. The molecule has 0 saturated carbocycles. The van der Waals surface area contributed by atoms with E-state index in [0.29, 0.717) is 0 Å². The van der Waals surface area contributed by atoms with E-state index in [-0.39, 0.29) is 0 Å². The van der Waals surface area contributed by atoms with E-state index < -0.39 is 0 Å². The minimum Gasteiger partial charge on any atom is -0.338 e. The van der Waals surface area contributed by atoms with Crippen LogP contribution in [0, 0.1) is 13.8 Å². The second-order valence-corrected chi connectivity index (χ2v) is 7.47. The normalized spacial score (nSPS) is 11.3. The number of nitrogens with zero attached hydrogens (tertiary/aromatic N) is 4. The van der Waals surface area contributed by atoms with Crippen molar-refractivity contribution in [3.63, 3.8) is 0 Å². The molecule has 0 saturated heterocycles. The van der Waals surface area contributed by atoms with Crippen LogP contribution in [0.1, 0.15) is 16.7 Å². The van der Waals surface area contributed by atoms with Gasteiger partial charge in [0.15, 0.2) is 5.82 Å². The van der Waals surface area contributed by atoms with Crippen molar-refractivity contribution in [1.82, 2.24) is 19.3 Å². The highest BCUT2D eigenvalue weighted by Gasteiger charge is 2.12. The highest BCUT2D eigenvalue weighted by Crippen LogP contribution is 2.29. The van der Waals surface area contributed by atoms with Gasteiger partial charge in [-0.1, -0.05) is 36.4 Å². The summed E-state index contributed by atoms with van der Waals surface area (Å²) in [6.45, 7) is 5.11. The quantitative estimate of drug-likeness (QED) is 0.546. The number of aromatic nitrogens is 3. The van der Waals surface area contributed by atoms with Crippen LogP contribution in [0.3, 0.4) is 0 Å². The number of anilines is 2. The Bertz CT molecular complexity index is 1110. The molecule has 2 heterocycles. The molecule has 0 aliphatic carbocycles. The number of hydrogen-bond donors (Lipinski definition) is 1. The molecule has 28 heavy (non-hydrogen) atoms. The zero-order chi connectivity index (χ0) is 19.7. The van der Waals surface area contributed by atoms with E-state index in [0.717, 1.165) is 34.8 Å². The van der Waals surface area contributed by atoms with Gasteiger partial charge in [0.1, 0.15) is 5.52 Å². The van der Waals surface area contributed by atoms with Gasteiger partial charge in [-0.25, -0.2) is 9.97 Å². The van der Waals surface area contributed by atoms with Gasteiger partial charge >= 0.3 is 0 Å². The summed E-state index contributed by atoms with van der Waals surface area (Å²) in [5.41, 5.74) is 7.87. The van der Waals surface area contributed by atoms with Gasteiger partial charge in [-0.15, -0.1) is 0 Å². The van der Waals surface area contributed by atoms with Crippen LogP contribution in [0.2, 0.25) is 0 Å². The van der Waals surface area contributed by atoms with E-state index >= 15 is 0 Å². The zero-order valence-electron chi connectivity index (χ0n) is 16.8. The lowest BCUT2D eigenvalue weighted by Gasteiger charge is -2.15. The highest BCUT2D eigenvalue weighted by molar-refractivity contribution is 5.78. The van der Waals surface area contributed by atoms with Crippen molar-refractivity contribution >= 4 is 17.0 Å². The maximum Gasteiger partial charge on any atom is 0.156 e. The second kappa shape index (κ2) is 7.44. The number of imidazole rings is 1. The van der Waals surface area contributed by atoms with Crippen LogP contribution in [0.4, 0.5) is 11.5 Å². The molecule has 0 amide bonds. The lowest BCUT2D eigenvalue weighted by atomic mass is 10.1. The molecule has 4 aromatic rings. The molecule has 0 bridgehead atoms. The van der Waals surface area contributed by atoms with Gasteiger partial charge in [0.05, 0.1) is 24.4 Å². The zero-order valence-corrected chi connectivity index (χ0v) is 16.8. The van der Waals surface area contributed by atoms with Crippen LogP contribution in [-0.4, -0.2) is 33.4 Å². The third-order valence-corrected chi connectivity index (χ3v) is 4.90. The van der Waals surface area contributed by atoms with Gasteiger partial charge in [-0.05, 0) is 50.7 Å². The fourth-order valence-electron chi connectivity index (χ4n) is 3.55. The van der Waals surface area contributed by atoms with Gasteiger partial charge in [0.25, 0.3) is 0 Å². The maximum absolute atomic E-state index is 4.74. The Morgan fingerprint density at radius 3 is 2.50 bits per heavy atom. The summed E-state index contributed by atoms with van der Waals surface area (Å²) >= 11 is 0. The van der Waals surface area contributed by atoms with Gasteiger partial charge in [0.2, 0.25) is 0 Å². The summed E-state index contributed by atoms with van der Waals surface area (Å²) in [7, 11) is 4.16. The first-order chi connectivity index (χ1) is 13.5. The lowest BCUT2D eigenvalue weighted by Crippen LogP contribution is -2.10. The second-order valence-electron chi connectivity index (χ2n) is 7.47. The molecule has 0 aliphatic heterocycles. The monoisotopic (exact) mass is 371 g/mol. The van der Waals surface area contributed by atoms with Crippen molar-refractivity contribution in [2.75, 3.05) is 19.4 Å². The van der Waals surface area contributed by atoms with Crippen molar-refractivity contribution in [2.45, 2.75) is 20.4 Å². The Kier molecular flexibility index (Phi) is 4.84. The Hall–Kier alpha value is -3.18. The Morgan fingerprint density at radius 1 is 1.00 bits per heavy atom. The van der Waals surface area contributed by atoms with Crippen LogP contribution in [0.15, 0.2) is 61.2 Å². The Morgan fingerprint density at radius 2 is 1.75 bits per heavy atom.